The third-order valence-electron chi connectivity index (χ3n) is 22.2. The van der Waals surface area contributed by atoms with E-state index in [0.717, 1.165) is 143 Å². The molecule has 0 radical (unpaired) electrons. The third kappa shape index (κ3) is 14.7. The zero-order valence-corrected chi connectivity index (χ0v) is 77.1. The maximum absolute atomic E-state index is 6.05. The van der Waals surface area contributed by atoms with Crippen LogP contribution in [-0.2, 0) is 0 Å². The van der Waals surface area contributed by atoms with E-state index in [1.54, 1.807) is 0 Å². The van der Waals surface area contributed by atoms with E-state index in [1.807, 2.05) is 234 Å². The summed E-state index contributed by atoms with van der Waals surface area (Å²) < 4.78 is 48.3. The van der Waals surface area contributed by atoms with Crippen LogP contribution in [0, 0.1) is 0 Å². The molecule has 13 nitrogen and oxygen atoms in total. The van der Waals surface area contributed by atoms with E-state index in [0.29, 0.717) is 0 Å². The molecule has 15 aromatic carbocycles. The van der Waals surface area contributed by atoms with Gasteiger partial charge in [-0.2, -0.15) is 0 Å². The zero-order chi connectivity index (χ0) is 86.5. The van der Waals surface area contributed by atoms with Crippen molar-refractivity contribution in [3.05, 3.63) is 285 Å². The Morgan fingerprint density at radius 3 is 0.441 bits per heavy atom. The van der Waals surface area contributed by atoms with Crippen LogP contribution < -0.4 is 62.4 Å². The van der Waals surface area contributed by atoms with Crippen molar-refractivity contribution in [1.82, 2.24) is 0 Å². The zero-order valence-electron chi connectivity index (χ0n) is 72.2. The Kier molecular flexibility index (Phi) is 23.5. The molecule has 0 atom stereocenters. The highest BCUT2D eigenvalue weighted by Gasteiger charge is 2.46. The molecule has 0 bridgehead atoms. The summed E-state index contributed by atoms with van der Waals surface area (Å²) in [7, 11) is 0. The highest BCUT2D eigenvalue weighted by atomic mass is 32.2. The molecule has 634 valence electrons. The van der Waals surface area contributed by atoms with Gasteiger partial charge in [0.2, 0.25) is 0 Å². The summed E-state index contributed by atoms with van der Waals surface area (Å²) in [4.78, 5) is 28.0. The van der Waals surface area contributed by atoms with Crippen molar-refractivity contribution in [3.8, 4) is 92.0 Å². The van der Waals surface area contributed by atoms with Crippen molar-refractivity contribution in [2.24, 2.45) is 0 Å². The number of hydrogen-bond acceptors (Lipinski definition) is 19. The first-order chi connectivity index (χ1) is 62.6. The van der Waals surface area contributed by atoms with Gasteiger partial charge in [0.15, 0.2) is 92.0 Å². The summed E-state index contributed by atoms with van der Waals surface area (Å²) in [6.07, 6.45) is 10.4. The first-order valence-corrected chi connectivity index (χ1v) is 48.9. The second-order valence-electron chi connectivity index (χ2n) is 31.3. The quantitative estimate of drug-likeness (QED) is 0.168. The fourth-order valence-electron chi connectivity index (χ4n) is 16.4. The Bertz CT molecular complexity index is 5320. The lowest BCUT2D eigenvalue weighted by molar-refractivity contribution is 0.417. The van der Waals surface area contributed by atoms with Gasteiger partial charge in [0.1, 0.15) is 39.8 Å². The van der Waals surface area contributed by atoms with E-state index < -0.39 is 0 Å². The SMILES string of the molecule is CCC.CCC.CCCC.CCCC.CCCC.c1cc2c3c(c1)Oc1cccc4c1N3c1c(cccc1O4)O2.c1cc2c3c(c1)Oc1cccc4c1N3c1c(cccc1O4)O2.c1cc2c3c(c1)Sc1cccc4c1N3c1c(cccc1S4)S2.c1cc2c3c(c1)Sc1cccc4c1N3c1c(cccc1S4)S2.c1ccc2c(c1)Oc1cccc3c1N2c1ccccc1O3. The summed E-state index contributed by atoms with van der Waals surface area (Å²) >= 11 is 11.4. The van der Waals surface area contributed by atoms with Gasteiger partial charge in [-0.05, 0) is 182 Å². The second kappa shape index (κ2) is 35.9. The summed E-state index contributed by atoms with van der Waals surface area (Å²) in [6, 6.07) is 97.2. The van der Waals surface area contributed by atoms with Crippen LogP contribution in [0.25, 0.3) is 0 Å². The van der Waals surface area contributed by atoms with E-state index in [-0.39, 0.29) is 0 Å². The monoisotopic (exact) mass is 1780 g/mol. The first-order valence-electron chi connectivity index (χ1n) is 44.0. The van der Waals surface area contributed by atoms with Crippen LogP contribution >= 0.6 is 70.6 Å². The van der Waals surface area contributed by atoms with Crippen LogP contribution in [0.4, 0.5) is 85.3 Å². The fraction of sp³-hybridized carbons (Fsp3) is 0.167. The van der Waals surface area contributed by atoms with Gasteiger partial charge in [0, 0.05) is 58.7 Å². The smallest absolute Gasteiger partial charge is 0.155 e. The van der Waals surface area contributed by atoms with Crippen molar-refractivity contribution < 1.29 is 37.9 Å². The Morgan fingerprint density at radius 2 is 0.276 bits per heavy atom. The van der Waals surface area contributed by atoms with E-state index in [1.165, 1.54) is 144 Å². The minimum Gasteiger partial charge on any atom is -0.453 e. The standard InChI is InChI=1S/2C18H9NO3.C18H11NO2.2C18H9NS3.3C4H10.2C3H8/c2*1-4-10-16-11(5-1)21-13-7-3-9-15-18(13)19(16)17-12(20-10)6-2-8-14(17)22-15;1-3-8-14-12(6-1)19-13-7-2-4-9-15(13)21-17-11-5-10-16(20-14)18(17)19;2*1-4-10-16-11(5-1)21-13-7-3-9-15-18(13)19(16)17-12(20-10)6-2-8-14(17)22-15;3*1-3-4-2;2*1-3-2/h2*1-9H;1-11H;2*1-9H;3*3-4H2,1-2H3;2*3H2,1-2H3. The van der Waals surface area contributed by atoms with E-state index >= 15 is 0 Å². The number of unbranched alkanes of at least 4 members (excludes halogenated alkanes) is 3. The molecule has 0 saturated carbocycles. The summed E-state index contributed by atoms with van der Waals surface area (Å²) in [5, 5.41) is 0. The average molecular weight is 1780 g/mol. The lowest BCUT2D eigenvalue weighted by atomic mass is 10.0. The molecule has 0 N–H and O–H groups in total. The topological polar surface area (TPSA) is 90.0 Å². The molecule has 0 amide bonds. The van der Waals surface area contributed by atoms with Crippen LogP contribution in [0.3, 0.4) is 0 Å². The van der Waals surface area contributed by atoms with E-state index in [9.17, 15) is 0 Å². The summed E-state index contributed by atoms with van der Waals surface area (Å²) in [6.45, 7) is 21.6. The van der Waals surface area contributed by atoms with Gasteiger partial charge in [0.25, 0.3) is 0 Å². The van der Waals surface area contributed by atoms with Crippen molar-refractivity contribution >= 4 is 156 Å². The van der Waals surface area contributed by atoms with Gasteiger partial charge in [-0.1, -0.05) is 294 Å². The summed E-state index contributed by atoms with van der Waals surface area (Å²) in [5.74, 6) is 12.9. The molecule has 0 aliphatic carbocycles. The van der Waals surface area contributed by atoms with Crippen LogP contribution in [0.15, 0.2) is 344 Å². The van der Waals surface area contributed by atoms with Gasteiger partial charge >= 0.3 is 0 Å². The number of nitrogens with zero attached hydrogens (tertiary/aromatic N) is 5. The molecule has 0 unspecified atom stereocenters. The predicted octanol–water partition coefficient (Wildman–Crippen LogP) is 37.7. The summed E-state index contributed by atoms with van der Waals surface area (Å²) in [5.41, 5.74) is 16.9. The molecular formula is C108H93N5O8S6. The molecule has 29 rings (SSSR count). The molecule has 0 saturated heterocycles. The molecule has 0 fully saturated rings. The Balaban J connectivity index is 0.0000000952. The number of hydrogen-bond donors (Lipinski definition) is 0. The molecule has 0 aromatic heterocycles. The number of para-hydroxylation sites is 17. The molecule has 14 aliphatic heterocycles. The minimum atomic E-state index is 0.796. The van der Waals surface area contributed by atoms with E-state index in [2.05, 4.69) is 215 Å². The predicted molar refractivity (Wildman–Crippen MR) is 525 cm³/mol. The number of fused-ring (bicyclic) bond motifs is 4. The minimum absolute atomic E-state index is 0.796. The second-order valence-corrected chi connectivity index (χ2v) is 37.8. The largest absolute Gasteiger partial charge is 0.453 e. The Hall–Kier alpha value is -12.2. The van der Waals surface area contributed by atoms with Crippen molar-refractivity contribution in [1.29, 1.82) is 0 Å². The number of anilines is 15. The van der Waals surface area contributed by atoms with Gasteiger partial charge in [-0.3, -0.25) is 14.7 Å². The third-order valence-corrected chi connectivity index (χ3v) is 28.8. The fourth-order valence-corrected chi connectivity index (χ4v) is 23.5. The molecule has 15 aromatic rings. The van der Waals surface area contributed by atoms with Crippen LogP contribution in [0.5, 0.6) is 92.0 Å². The molecule has 127 heavy (non-hydrogen) atoms. The average Bonchev–Trinajstić information content (AvgIpc) is 0.729. The van der Waals surface area contributed by atoms with Crippen molar-refractivity contribution in [2.45, 2.75) is 179 Å². The molecule has 14 heterocycles. The number of benzene rings is 15. The van der Waals surface area contributed by atoms with Gasteiger partial charge in [-0.15, -0.1) is 0 Å². The molecular weight excluding hydrogens is 1690 g/mol. The van der Waals surface area contributed by atoms with E-state index in [4.69, 9.17) is 37.9 Å². The normalized spacial score (nSPS) is 13.6. The van der Waals surface area contributed by atoms with Crippen LogP contribution in [0.2, 0.25) is 0 Å². The van der Waals surface area contributed by atoms with Crippen molar-refractivity contribution in [3.63, 3.8) is 0 Å². The number of ether oxygens (including phenoxy) is 8. The van der Waals surface area contributed by atoms with Gasteiger partial charge in [-0.25, -0.2) is 0 Å². The Morgan fingerprint density at radius 1 is 0.150 bits per heavy atom. The Labute approximate surface area is 768 Å². The molecule has 0 spiro atoms. The van der Waals surface area contributed by atoms with Gasteiger partial charge < -0.3 is 47.7 Å². The van der Waals surface area contributed by atoms with Crippen LogP contribution in [0.1, 0.15) is 121 Å². The number of rotatable bonds is 3. The maximum Gasteiger partial charge on any atom is 0.155 e. The molecule has 19 heteroatoms. The lowest BCUT2D eigenvalue weighted by Crippen LogP contribution is -2.23. The highest BCUT2D eigenvalue weighted by molar-refractivity contribution is 8.02. The highest BCUT2D eigenvalue weighted by Crippen LogP contribution is 2.72. The lowest BCUT2D eigenvalue weighted by Gasteiger charge is -2.42. The first kappa shape index (κ1) is 83.0. The maximum atomic E-state index is 6.05. The van der Waals surface area contributed by atoms with Gasteiger partial charge in [0.05, 0.1) is 45.5 Å². The molecule has 14 aliphatic rings. The van der Waals surface area contributed by atoms with Crippen molar-refractivity contribution in [2.75, 3.05) is 24.5 Å². The van der Waals surface area contributed by atoms with Crippen LogP contribution in [-0.4, -0.2) is 0 Å².